The van der Waals surface area contributed by atoms with Crippen molar-refractivity contribution in [3.8, 4) is 0 Å². The molecule has 2 saturated heterocycles. The number of imidazole rings is 1. The van der Waals surface area contributed by atoms with Crippen LogP contribution in [0.25, 0.3) is 11.2 Å². The Morgan fingerprint density at radius 2 is 2.13 bits per heavy atom. The van der Waals surface area contributed by atoms with Crippen LogP contribution in [0.15, 0.2) is 43.0 Å². The molecule has 13 heteroatoms. The van der Waals surface area contributed by atoms with Gasteiger partial charge in [-0.1, -0.05) is 18.2 Å². The summed E-state index contributed by atoms with van der Waals surface area (Å²) >= 11 is 0. The van der Waals surface area contributed by atoms with Crippen molar-refractivity contribution in [2.45, 2.75) is 24.5 Å². The first kappa shape index (κ1) is 20.4. The first-order valence-electron chi connectivity index (χ1n) is 9.42. The monoisotopic (exact) mass is 442 g/mol. The van der Waals surface area contributed by atoms with Crippen LogP contribution in [0.1, 0.15) is 16.6 Å². The minimum atomic E-state index is -3.42. The Hall–Kier alpha value is -2.47. The van der Waals surface area contributed by atoms with Crippen LogP contribution in [0, 0.1) is 0 Å². The van der Waals surface area contributed by atoms with E-state index in [0.29, 0.717) is 16.7 Å². The maximum atomic E-state index is 12.5. The number of fused-ring (bicyclic) bond motifs is 2. The zero-order chi connectivity index (χ0) is 21.6. The second-order valence-corrected chi connectivity index (χ2v) is 8.66. The molecule has 1 aromatic carbocycles. The molecule has 3 aromatic rings. The van der Waals surface area contributed by atoms with Gasteiger partial charge in [0.05, 0.1) is 6.33 Å². The van der Waals surface area contributed by atoms with E-state index in [1.165, 1.54) is 19.8 Å². The Morgan fingerprint density at radius 1 is 1.32 bits per heavy atom. The van der Waals surface area contributed by atoms with Gasteiger partial charge in [-0.3, -0.25) is 9.36 Å². The van der Waals surface area contributed by atoms with Crippen molar-refractivity contribution < 1.29 is 28.2 Å². The summed E-state index contributed by atoms with van der Waals surface area (Å²) in [7, 11) is 3.74. The van der Waals surface area contributed by atoms with Crippen LogP contribution in [0.2, 0.25) is 0 Å². The number of ether oxygens (including phenoxy) is 2. The third-order valence-corrected chi connectivity index (χ3v) is 6.22. The van der Waals surface area contributed by atoms with Gasteiger partial charge in [-0.25, -0.2) is 19.8 Å². The van der Waals surface area contributed by atoms with Crippen LogP contribution in [-0.2, 0) is 18.5 Å². The lowest BCUT2D eigenvalue weighted by atomic mass is 10.1. The van der Waals surface area contributed by atoms with E-state index in [2.05, 4.69) is 20.3 Å². The summed E-state index contributed by atoms with van der Waals surface area (Å²) in [5, 5.41) is 2.76. The van der Waals surface area contributed by atoms with Gasteiger partial charge in [-0.2, -0.15) is 9.05 Å². The van der Waals surface area contributed by atoms with E-state index in [4.69, 9.17) is 26.1 Å². The van der Waals surface area contributed by atoms with Crippen molar-refractivity contribution in [1.82, 2.24) is 19.5 Å². The number of nitrogens with one attached hydrogen (secondary N) is 1. The van der Waals surface area contributed by atoms with E-state index in [1.807, 2.05) is 6.07 Å². The summed E-state index contributed by atoms with van der Waals surface area (Å²) in [4.78, 5) is 35.4. The van der Waals surface area contributed by atoms with Gasteiger partial charge in [0.15, 0.2) is 29.3 Å². The summed E-state index contributed by atoms with van der Waals surface area (Å²) in [5.41, 5.74) is 1.31. The predicted molar refractivity (Wildman–Crippen MR) is 110 cm³/mol. The number of amides is 1. The highest BCUT2D eigenvalue weighted by Gasteiger charge is 2.57. The van der Waals surface area contributed by atoms with Crippen LogP contribution in [0.4, 0.5) is 5.82 Å². The van der Waals surface area contributed by atoms with Crippen LogP contribution >= 0.6 is 7.82 Å². The molecule has 2 aliphatic heterocycles. The summed E-state index contributed by atoms with van der Waals surface area (Å²) in [6.07, 6.45) is 0.474. The lowest BCUT2D eigenvalue weighted by Gasteiger charge is -2.29. The third kappa shape index (κ3) is 3.71. The minimum Gasteiger partial charge on any atom is -0.374 e. The fourth-order valence-electron chi connectivity index (χ4n) is 3.73. The number of methoxy groups -OCH3 is 1. The molecular formula is C18H18BN5O6P+. The van der Waals surface area contributed by atoms with E-state index in [1.54, 1.807) is 28.8 Å². The number of hydrogen-bond donors (Lipinski definition) is 2. The lowest BCUT2D eigenvalue weighted by molar-refractivity contribution is -0.0617. The topological polar surface area (TPSA) is 130 Å². The molecule has 11 nitrogen and oxygen atoms in total. The first-order valence-corrected chi connectivity index (χ1v) is 11.1. The molecule has 2 aliphatic rings. The van der Waals surface area contributed by atoms with Crippen LogP contribution < -0.4 is 5.32 Å². The molecule has 5 atom stereocenters. The molecule has 0 spiro atoms. The average molecular weight is 442 g/mol. The number of anilines is 1. The molecule has 2 fully saturated rings. The van der Waals surface area contributed by atoms with Crippen LogP contribution in [-0.4, -0.2) is 69.9 Å². The standard InChI is InChI=1S/C18H18BN5O6P/c1-27-14-13-11(7-28-31(19,26)30-13)29-18(14)24-9-22-12-15(20-8-21-16(12)24)23-17(25)10-5-3-2-4-6-10/h2-6,8-9,11,13-14,18,26H,7H2,1H3,(H,20,21,23,25)/q+1/t11-,13-,14-,18-,31?/m1/s1. The molecule has 2 N–H and O–H groups in total. The molecule has 1 unspecified atom stereocenters. The molecule has 0 aliphatic carbocycles. The van der Waals surface area contributed by atoms with Crippen molar-refractivity contribution in [1.29, 1.82) is 0 Å². The largest absolute Gasteiger partial charge is 0.488 e. The SMILES string of the molecule is [B][P+]1(O)OC[C@H]2O[C@@H](n3cnc4c(NC(=O)c5ccccc5)ncnc43)[C@H](OC)[C@@H]2O1. The Kier molecular flexibility index (Phi) is 5.21. The van der Waals surface area contributed by atoms with E-state index < -0.39 is 32.4 Å². The Balaban J connectivity index is 1.45. The van der Waals surface area contributed by atoms with Gasteiger partial charge in [0.1, 0.15) is 25.1 Å². The average Bonchev–Trinajstić information content (AvgIpc) is 3.34. The summed E-state index contributed by atoms with van der Waals surface area (Å²) in [5.74, 6) is -0.0476. The molecular weight excluding hydrogens is 424 g/mol. The van der Waals surface area contributed by atoms with E-state index >= 15 is 0 Å². The highest BCUT2D eigenvalue weighted by Crippen LogP contribution is 2.58. The quantitative estimate of drug-likeness (QED) is 0.453. The van der Waals surface area contributed by atoms with Gasteiger partial charge in [-0.15, -0.1) is 0 Å². The molecule has 2 aromatic heterocycles. The Morgan fingerprint density at radius 3 is 2.90 bits per heavy atom. The van der Waals surface area contributed by atoms with Gasteiger partial charge in [0.2, 0.25) is 0 Å². The zero-order valence-electron chi connectivity index (χ0n) is 16.4. The molecule has 158 valence electrons. The Bertz CT molecular complexity index is 1120. The predicted octanol–water partition coefficient (Wildman–Crippen LogP) is 1.24. The molecule has 0 saturated carbocycles. The number of rotatable bonds is 4. The highest BCUT2D eigenvalue weighted by molar-refractivity contribution is 7.85. The number of benzene rings is 1. The lowest BCUT2D eigenvalue weighted by Crippen LogP contribution is -2.41. The van der Waals surface area contributed by atoms with Gasteiger partial charge in [-0.05, 0) is 12.1 Å². The molecule has 31 heavy (non-hydrogen) atoms. The van der Waals surface area contributed by atoms with Gasteiger partial charge in [0, 0.05) is 12.7 Å². The molecule has 0 bridgehead atoms. The number of carbonyl (C=O) groups is 1. The van der Waals surface area contributed by atoms with Gasteiger partial charge < -0.3 is 14.8 Å². The second-order valence-electron chi connectivity index (χ2n) is 7.06. The van der Waals surface area contributed by atoms with E-state index in [0.717, 1.165) is 0 Å². The maximum Gasteiger partial charge on any atom is 0.488 e. The smallest absolute Gasteiger partial charge is 0.374 e. The molecule has 4 heterocycles. The fourth-order valence-corrected chi connectivity index (χ4v) is 4.75. The molecule has 2 radical (unpaired) electrons. The minimum absolute atomic E-state index is 0.0712. The van der Waals surface area contributed by atoms with E-state index in [-0.39, 0.29) is 18.3 Å². The molecule has 5 rings (SSSR count). The van der Waals surface area contributed by atoms with E-state index in [9.17, 15) is 9.69 Å². The van der Waals surface area contributed by atoms with Crippen molar-refractivity contribution in [3.05, 3.63) is 48.5 Å². The zero-order valence-corrected chi connectivity index (χ0v) is 17.3. The van der Waals surface area contributed by atoms with Crippen LogP contribution in [0.5, 0.6) is 0 Å². The summed E-state index contributed by atoms with van der Waals surface area (Å²) in [6, 6.07) is 8.78. The summed E-state index contributed by atoms with van der Waals surface area (Å²) < 4.78 is 24.0. The van der Waals surface area contributed by atoms with Gasteiger partial charge in [0.25, 0.3) is 5.91 Å². The summed E-state index contributed by atoms with van der Waals surface area (Å²) in [6.45, 7) is 0.0712. The third-order valence-electron chi connectivity index (χ3n) is 5.16. The van der Waals surface area contributed by atoms with Crippen molar-refractivity contribution in [2.24, 2.45) is 0 Å². The maximum absolute atomic E-state index is 12.5. The number of nitrogens with zero attached hydrogens (tertiary/aromatic N) is 4. The van der Waals surface area contributed by atoms with Gasteiger partial charge >= 0.3 is 15.4 Å². The Labute approximate surface area is 178 Å². The number of carbonyl (C=O) groups excluding carboxylic acids is 1. The fraction of sp³-hybridized carbons (Fsp3) is 0.333. The van der Waals surface area contributed by atoms with Crippen LogP contribution in [0.3, 0.4) is 0 Å². The van der Waals surface area contributed by atoms with Crippen molar-refractivity contribution in [2.75, 3.05) is 19.0 Å². The van der Waals surface area contributed by atoms with Crippen molar-refractivity contribution >= 4 is 38.3 Å². The molecule has 1 amide bonds. The second kappa shape index (κ2) is 7.90. The number of hydrogen-bond acceptors (Lipinski definition) is 9. The first-order chi connectivity index (χ1) is 15.0. The number of aromatic nitrogens is 4. The van der Waals surface area contributed by atoms with Crippen molar-refractivity contribution in [3.63, 3.8) is 0 Å². The highest BCUT2D eigenvalue weighted by atomic mass is 31.2. The normalized spacial score (nSPS) is 30.3.